The molecule has 2 aliphatic rings. The summed E-state index contributed by atoms with van der Waals surface area (Å²) in [5.41, 5.74) is 0.561. The number of fused-ring (bicyclic) bond motifs is 1. The molecular formula is C17H30N2O2. The van der Waals surface area contributed by atoms with Crippen LogP contribution in [0.15, 0.2) is 12.2 Å². The molecule has 1 amide bonds. The molecule has 0 radical (unpaired) electrons. The van der Waals surface area contributed by atoms with Crippen LogP contribution in [0.4, 0.5) is 0 Å². The molecule has 2 atom stereocenters. The maximum Gasteiger partial charge on any atom is 0.237 e. The Hall–Kier alpha value is -0.870. The fourth-order valence-electron chi connectivity index (χ4n) is 3.78. The monoisotopic (exact) mass is 294 g/mol. The molecule has 0 aromatic heterocycles. The molecule has 1 N–H and O–H groups in total. The Balaban J connectivity index is 1.89. The van der Waals surface area contributed by atoms with Crippen molar-refractivity contribution in [2.45, 2.75) is 51.6 Å². The number of aliphatic hydroxyl groups is 1. The van der Waals surface area contributed by atoms with Crippen molar-refractivity contribution >= 4 is 5.91 Å². The first-order valence-electron chi connectivity index (χ1n) is 8.31. The van der Waals surface area contributed by atoms with Gasteiger partial charge in [-0.15, -0.1) is 0 Å². The Labute approximate surface area is 128 Å². The van der Waals surface area contributed by atoms with E-state index in [-0.39, 0.29) is 5.91 Å². The largest absolute Gasteiger partial charge is 0.390 e. The summed E-state index contributed by atoms with van der Waals surface area (Å²) in [6, 6.07) is 0. The number of likely N-dealkylation sites (N-methyl/N-ethyl adjacent to an activating group) is 1. The van der Waals surface area contributed by atoms with Gasteiger partial charge in [-0.3, -0.25) is 9.69 Å². The van der Waals surface area contributed by atoms with Gasteiger partial charge < -0.3 is 10.0 Å². The standard InChI is InChI=1S/C17H30N2O2/c1-4-19(11-14(2)3)16(20)13-18-10-9-17(21)8-6-5-7-15(17)12-18/h15,21H,2,4-13H2,1,3H3. The number of hydrogen-bond acceptors (Lipinski definition) is 3. The van der Waals surface area contributed by atoms with Gasteiger partial charge >= 0.3 is 0 Å². The van der Waals surface area contributed by atoms with Crippen LogP contribution in [0.3, 0.4) is 0 Å². The molecule has 4 heteroatoms. The highest BCUT2D eigenvalue weighted by atomic mass is 16.3. The van der Waals surface area contributed by atoms with Crippen molar-refractivity contribution < 1.29 is 9.90 Å². The summed E-state index contributed by atoms with van der Waals surface area (Å²) in [5.74, 6) is 0.533. The molecule has 1 heterocycles. The molecule has 4 nitrogen and oxygen atoms in total. The number of carbonyl (C=O) groups is 1. The third kappa shape index (κ3) is 4.07. The van der Waals surface area contributed by atoms with Crippen LogP contribution in [0.25, 0.3) is 0 Å². The van der Waals surface area contributed by atoms with E-state index in [9.17, 15) is 9.90 Å². The number of nitrogens with zero attached hydrogens (tertiary/aromatic N) is 2. The van der Waals surface area contributed by atoms with Gasteiger partial charge in [0.15, 0.2) is 0 Å². The lowest BCUT2D eigenvalue weighted by Crippen LogP contribution is -2.55. The second-order valence-electron chi connectivity index (χ2n) is 6.90. The Morgan fingerprint density at radius 1 is 1.43 bits per heavy atom. The van der Waals surface area contributed by atoms with Crippen LogP contribution >= 0.6 is 0 Å². The highest BCUT2D eigenvalue weighted by Gasteiger charge is 2.42. The highest BCUT2D eigenvalue weighted by Crippen LogP contribution is 2.39. The van der Waals surface area contributed by atoms with Crippen molar-refractivity contribution in [2.75, 3.05) is 32.7 Å². The molecule has 0 aromatic rings. The second kappa shape index (κ2) is 6.93. The van der Waals surface area contributed by atoms with E-state index in [0.717, 1.165) is 50.9 Å². The third-order valence-corrected chi connectivity index (χ3v) is 5.07. The van der Waals surface area contributed by atoms with Gasteiger partial charge in [-0.25, -0.2) is 0 Å². The molecule has 0 spiro atoms. The smallest absolute Gasteiger partial charge is 0.237 e. The second-order valence-corrected chi connectivity index (χ2v) is 6.90. The van der Waals surface area contributed by atoms with Crippen LogP contribution in [-0.4, -0.2) is 59.1 Å². The number of piperidine rings is 1. The summed E-state index contributed by atoms with van der Waals surface area (Å²) in [7, 11) is 0. The van der Waals surface area contributed by atoms with Crippen LogP contribution in [0, 0.1) is 5.92 Å². The molecule has 120 valence electrons. The number of amides is 1. The zero-order chi connectivity index (χ0) is 15.5. The van der Waals surface area contributed by atoms with E-state index in [1.165, 1.54) is 6.42 Å². The van der Waals surface area contributed by atoms with E-state index in [1.807, 2.05) is 18.7 Å². The molecule has 2 unspecified atom stereocenters. The Bertz CT molecular complexity index is 396. The summed E-state index contributed by atoms with van der Waals surface area (Å²) < 4.78 is 0. The Kier molecular flexibility index (Phi) is 5.44. The maximum atomic E-state index is 12.4. The first kappa shape index (κ1) is 16.5. The predicted molar refractivity (Wildman–Crippen MR) is 85.0 cm³/mol. The van der Waals surface area contributed by atoms with Crippen molar-refractivity contribution in [1.82, 2.24) is 9.80 Å². The van der Waals surface area contributed by atoms with Crippen LogP contribution < -0.4 is 0 Å². The van der Waals surface area contributed by atoms with Gasteiger partial charge in [0.1, 0.15) is 0 Å². The minimum Gasteiger partial charge on any atom is -0.390 e. The van der Waals surface area contributed by atoms with Crippen molar-refractivity contribution in [3.63, 3.8) is 0 Å². The lowest BCUT2D eigenvalue weighted by molar-refractivity contribution is -0.136. The molecule has 2 rings (SSSR count). The molecule has 2 fully saturated rings. The van der Waals surface area contributed by atoms with Crippen LogP contribution in [0.5, 0.6) is 0 Å². The van der Waals surface area contributed by atoms with Gasteiger partial charge in [0.05, 0.1) is 12.1 Å². The van der Waals surface area contributed by atoms with Gasteiger partial charge in [0.2, 0.25) is 5.91 Å². The van der Waals surface area contributed by atoms with E-state index in [0.29, 0.717) is 19.0 Å². The lowest BCUT2D eigenvalue weighted by Gasteiger charge is -2.47. The third-order valence-electron chi connectivity index (χ3n) is 5.07. The van der Waals surface area contributed by atoms with Gasteiger partial charge in [-0.1, -0.05) is 25.0 Å². The average Bonchev–Trinajstić information content (AvgIpc) is 2.44. The van der Waals surface area contributed by atoms with Gasteiger partial charge in [-0.05, 0) is 33.1 Å². The number of likely N-dealkylation sites (tertiary alicyclic amines) is 1. The summed E-state index contributed by atoms with van der Waals surface area (Å²) in [6.45, 7) is 11.4. The zero-order valence-corrected chi connectivity index (χ0v) is 13.6. The molecule has 21 heavy (non-hydrogen) atoms. The van der Waals surface area contributed by atoms with E-state index in [2.05, 4.69) is 11.5 Å². The normalized spacial score (nSPS) is 29.8. The summed E-state index contributed by atoms with van der Waals surface area (Å²) in [6.07, 6.45) is 5.22. The zero-order valence-electron chi connectivity index (χ0n) is 13.6. The number of hydrogen-bond donors (Lipinski definition) is 1. The lowest BCUT2D eigenvalue weighted by atomic mass is 9.71. The van der Waals surface area contributed by atoms with Crippen molar-refractivity contribution in [1.29, 1.82) is 0 Å². The molecule has 0 bridgehead atoms. The first-order chi connectivity index (χ1) is 9.94. The van der Waals surface area contributed by atoms with Gasteiger partial charge in [0, 0.05) is 32.1 Å². The summed E-state index contributed by atoms with van der Waals surface area (Å²) in [5, 5.41) is 10.7. The molecule has 0 aromatic carbocycles. The molecule has 1 aliphatic carbocycles. The van der Waals surface area contributed by atoms with Crippen LogP contribution in [0.1, 0.15) is 46.0 Å². The average molecular weight is 294 g/mol. The quantitative estimate of drug-likeness (QED) is 0.789. The first-order valence-corrected chi connectivity index (χ1v) is 8.31. The predicted octanol–water partition coefficient (Wildman–Crippen LogP) is 2.04. The molecular weight excluding hydrogens is 264 g/mol. The molecule has 1 saturated carbocycles. The summed E-state index contributed by atoms with van der Waals surface area (Å²) in [4.78, 5) is 16.5. The minimum atomic E-state index is -0.458. The van der Waals surface area contributed by atoms with Crippen molar-refractivity contribution in [3.05, 3.63) is 12.2 Å². The van der Waals surface area contributed by atoms with Crippen LogP contribution in [0.2, 0.25) is 0 Å². The highest BCUT2D eigenvalue weighted by molar-refractivity contribution is 5.78. The minimum absolute atomic E-state index is 0.182. The number of rotatable bonds is 5. The van der Waals surface area contributed by atoms with E-state index < -0.39 is 5.60 Å². The topological polar surface area (TPSA) is 43.8 Å². The fraction of sp³-hybridized carbons (Fsp3) is 0.824. The molecule has 1 saturated heterocycles. The number of carbonyl (C=O) groups excluding carboxylic acids is 1. The Morgan fingerprint density at radius 3 is 2.86 bits per heavy atom. The van der Waals surface area contributed by atoms with E-state index in [1.54, 1.807) is 0 Å². The van der Waals surface area contributed by atoms with Gasteiger partial charge in [-0.2, -0.15) is 0 Å². The van der Waals surface area contributed by atoms with Crippen molar-refractivity contribution in [3.8, 4) is 0 Å². The SMILES string of the molecule is C=C(C)CN(CC)C(=O)CN1CCC2(O)CCCCC2C1. The van der Waals surface area contributed by atoms with E-state index in [4.69, 9.17) is 0 Å². The summed E-state index contributed by atoms with van der Waals surface area (Å²) >= 11 is 0. The van der Waals surface area contributed by atoms with E-state index >= 15 is 0 Å². The van der Waals surface area contributed by atoms with Crippen LogP contribution in [-0.2, 0) is 4.79 Å². The molecule has 1 aliphatic heterocycles. The Morgan fingerprint density at radius 2 is 2.19 bits per heavy atom. The van der Waals surface area contributed by atoms with Gasteiger partial charge in [0.25, 0.3) is 0 Å². The fourth-order valence-corrected chi connectivity index (χ4v) is 3.78. The van der Waals surface area contributed by atoms with Crippen molar-refractivity contribution in [2.24, 2.45) is 5.92 Å². The maximum absolute atomic E-state index is 12.4.